The van der Waals surface area contributed by atoms with Crippen molar-refractivity contribution < 1.29 is 9.31 Å². The predicted molar refractivity (Wildman–Crippen MR) is 79.7 cm³/mol. The number of nitro groups is 1. The maximum Gasteiger partial charge on any atom is 0.304 e. The van der Waals surface area contributed by atoms with Gasteiger partial charge in [-0.3, -0.25) is 10.1 Å². The molecule has 0 spiro atoms. The zero-order chi connectivity index (χ0) is 15.4. The molecule has 1 aromatic carbocycles. The number of benzene rings is 1. The molecule has 3 atom stereocenters. The highest BCUT2D eigenvalue weighted by Crippen LogP contribution is 2.63. The van der Waals surface area contributed by atoms with Gasteiger partial charge in [0.1, 0.15) is 0 Å². The lowest BCUT2D eigenvalue weighted by Crippen LogP contribution is -2.45. The normalized spacial score (nSPS) is 33.1. The number of nitrogens with zero attached hydrogens (tertiary/aromatic N) is 1. The summed E-state index contributed by atoms with van der Waals surface area (Å²) in [6, 6.07) is 4.35. The third-order valence-corrected chi connectivity index (χ3v) is 5.73. The molecule has 0 radical (unpaired) electrons. The Hall–Kier alpha value is -1.65. The van der Waals surface area contributed by atoms with Crippen molar-refractivity contribution in [3.8, 4) is 0 Å². The first-order chi connectivity index (χ1) is 9.74. The van der Waals surface area contributed by atoms with Crippen LogP contribution in [0.3, 0.4) is 0 Å². The third kappa shape index (κ3) is 2.10. The molecule has 1 N–H and O–H groups in total. The largest absolute Gasteiger partial charge is 0.381 e. The smallest absolute Gasteiger partial charge is 0.304 e. The number of fused-ring (bicyclic) bond motifs is 2. The number of anilines is 1. The van der Waals surface area contributed by atoms with E-state index in [-0.39, 0.29) is 16.9 Å². The molecule has 2 aliphatic carbocycles. The second-order valence-corrected chi connectivity index (χ2v) is 7.42. The van der Waals surface area contributed by atoms with Crippen LogP contribution in [0.2, 0.25) is 0 Å². The predicted octanol–water partition coefficient (Wildman–Crippen LogP) is 4.36. The van der Waals surface area contributed by atoms with Crippen molar-refractivity contribution in [3.63, 3.8) is 0 Å². The van der Waals surface area contributed by atoms with Crippen molar-refractivity contribution in [1.82, 2.24) is 0 Å². The van der Waals surface area contributed by atoms with Crippen LogP contribution >= 0.6 is 0 Å². The van der Waals surface area contributed by atoms with Crippen LogP contribution in [-0.4, -0.2) is 11.0 Å². The van der Waals surface area contributed by atoms with Gasteiger partial charge in [0.25, 0.3) is 0 Å². The van der Waals surface area contributed by atoms with E-state index in [9.17, 15) is 14.5 Å². The topological polar surface area (TPSA) is 55.2 Å². The van der Waals surface area contributed by atoms with Gasteiger partial charge in [-0.05, 0) is 42.1 Å². The maximum absolute atomic E-state index is 13.8. The van der Waals surface area contributed by atoms with Crippen molar-refractivity contribution in [2.75, 3.05) is 5.32 Å². The molecule has 3 rings (SSSR count). The third-order valence-electron chi connectivity index (χ3n) is 5.73. The van der Waals surface area contributed by atoms with E-state index in [4.69, 9.17) is 0 Å². The lowest BCUT2D eigenvalue weighted by Gasteiger charge is -2.43. The minimum atomic E-state index is -0.781. The van der Waals surface area contributed by atoms with Gasteiger partial charge >= 0.3 is 5.69 Å². The van der Waals surface area contributed by atoms with Crippen molar-refractivity contribution in [2.45, 2.75) is 46.1 Å². The number of hydrogen-bond donors (Lipinski definition) is 1. The quantitative estimate of drug-likeness (QED) is 0.665. The number of halogens is 1. The molecule has 2 fully saturated rings. The summed E-state index contributed by atoms with van der Waals surface area (Å²) in [6.45, 7) is 6.82. The Balaban J connectivity index is 1.87. The van der Waals surface area contributed by atoms with Crippen molar-refractivity contribution in [1.29, 1.82) is 0 Å². The van der Waals surface area contributed by atoms with E-state index in [2.05, 4.69) is 26.1 Å². The van der Waals surface area contributed by atoms with Crippen LogP contribution in [-0.2, 0) is 0 Å². The fourth-order valence-electron chi connectivity index (χ4n) is 4.57. The molecule has 0 amide bonds. The van der Waals surface area contributed by atoms with Crippen LogP contribution in [0.5, 0.6) is 0 Å². The van der Waals surface area contributed by atoms with Gasteiger partial charge in [-0.2, -0.15) is 4.39 Å². The van der Waals surface area contributed by atoms with Crippen LogP contribution in [0.15, 0.2) is 18.2 Å². The lowest BCUT2D eigenvalue weighted by molar-refractivity contribution is -0.387. The second kappa shape index (κ2) is 4.42. The summed E-state index contributed by atoms with van der Waals surface area (Å²) in [5, 5.41) is 14.1. The summed E-state index contributed by atoms with van der Waals surface area (Å²) in [4.78, 5) is 9.99. The lowest BCUT2D eigenvalue weighted by atomic mass is 9.68. The van der Waals surface area contributed by atoms with E-state index in [0.29, 0.717) is 11.6 Å². The molecule has 114 valence electrons. The number of hydrogen-bond acceptors (Lipinski definition) is 3. The minimum absolute atomic E-state index is 0.158. The zero-order valence-corrected chi connectivity index (χ0v) is 12.6. The molecule has 1 aromatic rings. The first kappa shape index (κ1) is 14.3. The average Bonchev–Trinajstić information content (AvgIpc) is 2.85. The van der Waals surface area contributed by atoms with Gasteiger partial charge in [0.2, 0.25) is 5.82 Å². The Kier molecular flexibility index (Phi) is 3.01. The Morgan fingerprint density at radius 3 is 2.62 bits per heavy atom. The molecule has 0 heterocycles. The van der Waals surface area contributed by atoms with Crippen molar-refractivity contribution >= 4 is 11.4 Å². The van der Waals surface area contributed by atoms with Gasteiger partial charge in [0.05, 0.1) is 4.92 Å². The van der Waals surface area contributed by atoms with E-state index >= 15 is 0 Å². The SMILES string of the molecule is CC12CCC(C1)C(C)(C)C2Nc1ccc([N+](=O)[O-])c(F)c1. The van der Waals surface area contributed by atoms with Crippen LogP contribution in [0.25, 0.3) is 0 Å². The van der Waals surface area contributed by atoms with Gasteiger partial charge in [-0.1, -0.05) is 20.8 Å². The van der Waals surface area contributed by atoms with E-state index in [0.717, 1.165) is 0 Å². The molecule has 2 bridgehead atoms. The van der Waals surface area contributed by atoms with Crippen LogP contribution in [0.4, 0.5) is 15.8 Å². The highest BCUT2D eigenvalue weighted by Gasteiger charge is 2.59. The molecular formula is C16H21FN2O2. The molecule has 2 aliphatic rings. The van der Waals surface area contributed by atoms with Crippen LogP contribution in [0.1, 0.15) is 40.0 Å². The van der Waals surface area contributed by atoms with Gasteiger partial charge in [0.15, 0.2) is 0 Å². The van der Waals surface area contributed by atoms with Gasteiger partial charge in [-0.15, -0.1) is 0 Å². The van der Waals surface area contributed by atoms with Gasteiger partial charge in [0, 0.05) is 23.9 Å². The Morgan fingerprint density at radius 1 is 1.38 bits per heavy atom. The van der Waals surface area contributed by atoms with E-state index < -0.39 is 16.4 Å². The van der Waals surface area contributed by atoms with E-state index in [1.54, 1.807) is 6.07 Å². The Bertz CT molecular complexity index is 597. The summed E-state index contributed by atoms with van der Waals surface area (Å²) < 4.78 is 13.8. The molecule has 3 unspecified atom stereocenters. The highest BCUT2D eigenvalue weighted by molar-refractivity contribution is 5.51. The minimum Gasteiger partial charge on any atom is -0.381 e. The Morgan fingerprint density at radius 2 is 2.10 bits per heavy atom. The van der Waals surface area contributed by atoms with Crippen LogP contribution in [0, 0.1) is 32.7 Å². The summed E-state index contributed by atoms with van der Waals surface area (Å²) in [5.41, 5.74) is 0.543. The molecule has 5 heteroatoms. The molecule has 0 aromatic heterocycles. The van der Waals surface area contributed by atoms with E-state index in [1.807, 2.05) is 0 Å². The molecule has 0 aliphatic heterocycles. The molecule has 4 nitrogen and oxygen atoms in total. The van der Waals surface area contributed by atoms with Crippen molar-refractivity contribution in [3.05, 3.63) is 34.1 Å². The van der Waals surface area contributed by atoms with Gasteiger partial charge in [-0.25, -0.2) is 0 Å². The fraction of sp³-hybridized carbons (Fsp3) is 0.625. The zero-order valence-electron chi connectivity index (χ0n) is 12.6. The first-order valence-electron chi connectivity index (χ1n) is 7.44. The standard InChI is InChI=1S/C16H21FN2O2/c1-15(2)10-6-7-16(3,9-10)14(15)18-11-4-5-13(19(20)21)12(17)8-11/h4-5,8,10,14,18H,6-7,9H2,1-3H3. The van der Waals surface area contributed by atoms with Gasteiger partial charge < -0.3 is 5.32 Å². The number of rotatable bonds is 3. The average molecular weight is 292 g/mol. The molecule has 0 saturated heterocycles. The Labute approximate surface area is 123 Å². The summed E-state index contributed by atoms with van der Waals surface area (Å²) in [6.07, 6.45) is 3.65. The second-order valence-electron chi connectivity index (χ2n) is 7.42. The first-order valence-corrected chi connectivity index (χ1v) is 7.44. The summed E-state index contributed by atoms with van der Waals surface area (Å²) >= 11 is 0. The maximum atomic E-state index is 13.8. The highest BCUT2D eigenvalue weighted by atomic mass is 19.1. The summed E-state index contributed by atoms with van der Waals surface area (Å²) in [5.74, 6) is -0.0842. The van der Waals surface area contributed by atoms with Crippen molar-refractivity contribution in [2.24, 2.45) is 16.7 Å². The molecule has 21 heavy (non-hydrogen) atoms. The monoisotopic (exact) mass is 292 g/mol. The molecule has 2 saturated carbocycles. The fourth-order valence-corrected chi connectivity index (χ4v) is 4.57. The number of nitrogens with one attached hydrogen (secondary N) is 1. The molecular weight excluding hydrogens is 271 g/mol. The number of nitro benzene ring substituents is 1. The summed E-state index contributed by atoms with van der Waals surface area (Å²) in [7, 11) is 0. The van der Waals surface area contributed by atoms with E-state index in [1.165, 1.54) is 31.4 Å². The van der Waals surface area contributed by atoms with Crippen LogP contribution < -0.4 is 5.32 Å².